The number of hydrogen-bond acceptors (Lipinski definition) is 6. The van der Waals surface area contributed by atoms with Crippen LogP contribution in [-0.2, 0) is 9.59 Å². The van der Waals surface area contributed by atoms with Gasteiger partial charge in [-0.2, -0.15) is 0 Å². The van der Waals surface area contributed by atoms with Crippen molar-refractivity contribution in [3.63, 3.8) is 0 Å². The van der Waals surface area contributed by atoms with Crippen molar-refractivity contribution in [3.8, 4) is 0 Å². The number of nitro groups is 1. The molecule has 2 amide bonds. The minimum Gasteiger partial charge on any atom is -0.465 e. The van der Waals surface area contributed by atoms with E-state index >= 15 is 0 Å². The number of hydrogen-bond donors (Lipinski definition) is 3. The Hall–Kier alpha value is -3.44. The van der Waals surface area contributed by atoms with Crippen LogP contribution in [0, 0.1) is 10.1 Å². The third-order valence-corrected chi connectivity index (χ3v) is 5.00. The van der Waals surface area contributed by atoms with Gasteiger partial charge in [0.2, 0.25) is 5.91 Å². The number of halogens is 1. The first kappa shape index (κ1) is 22.2. The Kier molecular flexibility index (Phi) is 7.21. The summed E-state index contributed by atoms with van der Waals surface area (Å²) in [6, 6.07) is 6.86. The number of benzene rings is 1. The first-order valence-electron chi connectivity index (χ1n) is 9.18. The highest BCUT2D eigenvalue weighted by atomic mass is 35.5. The lowest BCUT2D eigenvalue weighted by molar-refractivity contribution is -0.384. The van der Waals surface area contributed by atoms with E-state index in [1.54, 1.807) is 12.1 Å². The number of thiocarbonyl (C=S) groups is 1. The highest BCUT2D eigenvalue weighted by Crippen LogP contribution is 2.27. The number of furan rings is 1. The van der Waals surface area contributed by atoms with Gasteiger partial charge in [-0.1, -0.05) is 11.6 Å². The molecule has 1 aromatic carbocycles. The van der Waals surface area contributed by atoms with Crippen molar-refractivity contribution in [2.45, 2.75) is 18.9 Å². The molecule has 12 heteroatoms. The fourth-order valence-electron chi connectivity index (χ4n) is 3.03. The summed E-state index contributed by atoms with van der Waals surface area (Å²) in [5.41, 5.74) is 5.04. The Morgan fingerprint density at radius 2 is 2.13 bits per heavy atom. The van der Waals surface area contributed by atoms with Gasteiger partial charge in [-0.15, -0.1) is 0 Å². The van der Waals surface area contributed by atoms with Crippen LogP contribution in [0.3, 0.4) is 0 Å². The lowest BCUT2D eigenvalue weighted by Crippen LogP contribution is -2.52. The Bertz CT molecular complexity index is 1030. The molecule has 31 heavy (non-hydrogen) atoms. The number of hydrazine groups is 1. The van der Waals surface area contributed by atoms with Crippen LogP contribution in [0.4, 0.5) is 11.4 Å². The van der Waals surface area contributed by atoms with E-state index < -0.39 is 16.9 Å². The van der Waals surface area contributed by atoms with Gasteiger partial charge in [-0.3, -0.25) is 30.6 Å². The van der Waals surface area contributed by atoms with Crippen molar-refractivity contribution >= 4 is 58.2 Å². The number of likely N-dealkylation sites (tertiary alicyclic amines) is 1. The fourth-order valence-corrected chi connectivity index (χ4v) is 3.39. The molecule has 0 bridgehead atoms. The second kappa shape index (κ2) is 10.0. The highest BCUT2D eigenvalue weighted by molar-refractivity contribution is 7.80. The van der Waals surface area contributed by atoms with Crippen LogP contribution in [0.2, 0.25) is 5.02 Å². The molecule has 1 fully saturated rings. The predicted molar refractivity (Wildman–Crippen MR) is 118 cm³/mol. The zero-order chi connectivity index (χ0) is 22.4. The largest absolute Gasteiger partial charge is 0.465 e. The first-order valence-corrected chi connectivity index (χ1v) is 9.97. The number of carbonyl (C=O) groups is 2. The number of amides is 2. The summed E-state index contributed by atoms with van der Waals surface area (Å²) in [5, 5.41) is 13.7. The van der Waals surface area contributed by atoms with Gasteiger partial charge >= 0.3 is 0 Å². The molecule has 0 radical (unpaired) electrons. The Labute approximate surface area is 187 Å². The van der Waals surface area contributed by atoms with Crippen molar-refractivity contribution in [2.75, 3.05) is 11.9 Å². The number of rotatable bonds is 5. The van der Waals surface area contributed by atoms with E-state index in [4.69, 9.17) is 28.2 Å². The lowest BCUT2D eigenvalue weighted by atomic mass is 10.2. The molecule has 1 atom stereocenters. The second-order valence-electron chi connectivity index (χ2n) is 6.53. The van der Waals surface area contributed by atoms with Crippen molar-refractivity contribution < 1.29 is 18.9 Å². The van der Waals surface area contributed by atoms with Gasteiger partial charge in [-0.05, 0) is 55.4 Å². The van der Waals surface area contributed by atoms with E-state index in [-0.39, 0.29) is 21.7 Å². The molecule has 162 valence electrons. The van der Waals surface area contributed by atoms with Crippen LogP contribution in [0.1, 0.15) is 18.6 Å². The number of nitro benzene ring substituents is 1. The SMILES string of the molecule is O=C(NNC(=S)Nc1ccc(Cl)c([N+](=O)[O-])c1)C1CCCN1C(=O)C=Cc1ccco1. The summed E-state index contributed by atoms with van der Waals surface area (Å²) in [5.74, 6) is -0.194. The van der Waals surface area contributed by atoms with Crippen LogP contribution >= 0.6 is 23.8 Å². The molecule has 1 aliphatic rings. The summed E-state index contributed by atoms with van der Waals surface area (Å²) in [6.45, 7) is 0.455. The molecule has 1 unspecified atom stereocenters. The summed E-state index contributed by atoms with van der Waals surface area (Å²) < 4.78 is 5.15. The maximum atomic E-state index is 12.5. The number of carbonyl (C=O) groups excluding carboxylic acids is 2. The van der Waals surface area contributed by atoms with Gasteiger partial charge in [-0.25, -0.2) is 0 Å². The molecule has 0 spiro atoms. The van der Waals surface area contributed by atoms with Gasteiger partial charge in [0.1, 0.15) is 16.8 Å². The van der Waals surface area contributed by atoms with Crippen molar-refractivity contribution in [3.05, 3.63) is 63.6 Å². The molecule has 0 aliphatic carbocycles. The van der Waals surface area contributed by atoms with E-state index in [0.717, 1.165) is 0 Å². The summed E-state index contributed by atoms with van der Waals surface area (Å²) >= 11 is 10.9. The average Bonchev–Trinajstić information content (AvgIpc) is 3.43. The Balaban J connectivity index is 1.53. The van der Waals surface area contributed by atoms with Crippen LogP contribution in [0.25, 0.3) is 6.08 Å². The smallest absolute Gasteiger partial charge is 0.289 e. The minimum atomic E-state index is -0.652. The van der Waals surface area contributed by atoms with E-state index in [9.17, 15) is 19.7 Å². The predicted octanol–water partition coefficient (Wildman–Crippen LogP) is 2.86. The number of nitrogens with zero attached hydrogens (tertiary/aromatic N) is 2. The summed E-state index contributed by atoms with van der Waals surface area (Å²) in [6.07, 6.45) is 5.60. The van der Waals surface area contributed by atoms with Crippen molar-refractivity contribution in [2.24, 2.45) is 0 Å². The average molecular weight is 464 g/mol. The molecule has 10 nitrogen and oxygen atoms in total. The third kappa shape index (κ3) is 5.80. The topological polar surface area (TPSA) is 130 Å². The van der Waals surface area contributed by atoms with Gasteiger partial charge in [0.15, 0.2) is 5.11 Å². The van der Waals surface area contributed by atoms with E-state index in [1.807, 2.05) is 0 Å². The van der Waals surface area contributed by atoms with Crippen LogP contribution in [0.15, 0.2) is 47.1 Å². The second-order valence-corrected chi connectivity index (χ2v) is 7.35. The van der Waals surface area contributed by atoms with Crippen LogP contribution in [0.5, 0.6) is 0 Å². The normalized spacial score (nSPS) is 15.6. The molecule has 1 aromatic heterocycles. The molecule has 0 saturated carbocycles. The molecule has 3 N–H and O–H groups in total. The minimum absolute atomic E-state index is 0.00480. The molecule has 1 saturated heterocycles. The van der Waals surface area contributed by atoms with Crippen LogP contribution < -0.4 is 16.2 Å². The van der Waals surface area contributed by atoms with Gasteiger partial charge in [0.05, 0.1) is 11.2 Å². The lowest BCUT2D eigenvalue weighted by Gasteiger charge is -2.23. The molecule has 3 rings (SSSR count). The van der Waals surface area contributed by atoms with Crippen LogP contribution in [-0.4, -0.2) is 39.3 Å². The molecule has 2 heterocycles. The van der Waals surface area contributed by atoms with Crippen molar-refractivity contribution in [1.29, 1.82) is 0 Å². The number of nitrogens with one attached hydrogen (secondary N) is 3. The fraction of sp³-hybridized carbons (Fsp3) is 0.211. The van der Waals surface area contributed by atoms with Gasteiger partial charge in [0.25, 0.3) is 11.6 Å². The molecule has 1 aliphatic heterocycles. The quantitative estimate of drug-likeness (QED) is 0.267. The maximum Gasteiger partial charge on any atom is 0.289 e. The molecule has 2 aromatic rings. The van der Waals surface area contributed by atoms with E-state index in [0.29, 0.717) is 30.8 Å². The summed E-state index contributed by atoms with van der Waals surface area (Å²) in [7, 11) is 0. The zero-order valence-electron chi connectivity index (χ0n) is 16.0. The van der Waals surface area contributed by atoms with Gasteiger partial charge in [0, 0.05) is 24.4 Å². The standard InChI is InChI=1S/C19H18ClN5O5S/c20-14-7-5-12(11-16(14)25(28)29)21-19(31)23-22-18(27)15-4-1-9-24(15)17(26)8-6-13-3-2-10-30-13/h2-3,5-8,10-11,15H,1,4,9H2,(H,22,27)(H2,21,23,31). The van der Waals surface area contributed by atoms with Gasteiger partial charge < -0.3 is 14.6 Å². The van der Waals surface area contributed by atoms with E-state index in [2.05, 4.69) is 16.2 Å². The van der Waals surface area contributed by atoms with Crippen molar-refractivity contribution in [1.82, 2.24) is 15.8 Å². The highest BCUT2D eigenvalue weighted by Gasteiger charge is 2.33. The molecular formula is C19H18ClN5O5S. The number of anilines is 1. The maximum absolute atomic E-state index is 12.5. The van der Waals surface area contributed by atoms with E-state index in [1.165, 1.54) is 41.5 Å². The Morgan fingerprint density at radius 3 is 2.84 bits per heavy atom. The zero-order valence-corrected chi connectivity index (χ0v) is 17.6. The monoisotopic (exact) mass is 463 g/mol. The summed E-state index contributed by atoms with van der Waals surface area (Å²) in [4.78, 5) is 36.8. The Morgan fingerprint density at radius 1 is 1.32 bits per heavy atom. The first-order chi connectivity index (χ1) is 14.8. The molecular weight excluding hydrogens is 446 g/mol. The third-order valence-electron chi connectivity index (χ3n) is 4.47.